The van der Waals surface area contributed by atoms with E-state index in [0.29, 0.717) is 31.6 Å². The van der Waals surface area contributed by atoms with Gasteiger partial charge in [0.1, 0.15) is 5.92 Å². The molecule has 0 spiro atoms. The summed E-state index contributed by atoms with van der Waals surface area (Å²) in [5, 5.41) is 3.10. The van der Waals surface area contributed by atoms with E-state index in [4.69, 9.17) is 12.2 Å². The van der Waals surface area contributed by atoms with Crippen LogP contribution in [0.4, 0.5) is 0 Å². The summed E-state index contributed by atoms with van der Waals surface area (Å²) >= 11 is 8.62. The fourth-order valence-corrected chi connectivity index (χ4v) is 3.38. The Bertz CT molecular complexity index is 820. The highest BCUT2D eigenvalue weighted by atomic mass is 79.9. The Balaban J connectivity index is 1.49. The van der Waals surface area contributed by atoms with Gasteiger partial charge in [-0.05, 0) is 42.4 Å². The zero-order chi connectivity index (χ0) is 18.5. The second-order valence-corrected chi connectivity index (χ2v) is 7.19. The number of thiocarbonyl (C=S) groups is 1. The number of rotatable bonds is 6. The molecule has 0 aromatic carbocycles. The SMILES string of the molecule is O=C(CCCN1C(=O)C2C=C(Br)C=CC2=NC1=S)NCc1cccnc1. The number of amides is 2. The summed E-state index contributed by atoms with van der Waals surface area (Å²) in [5.74, 6) is -0.589. The molecule has 0 bridgehead atoms. The van der Waals surface area contributed by atoms with Crippen molar-refractivity contribution in [3.05, 3.63) is 52.8 Å². The Hall–Kier alpha value is -2.19. The normalized spacial score (nSPS) is 19.0. The van der Waals surface area contributed by atoms with E-state index in [1.165, 1.54) is 4.90 Å². The Kier molecular flexibility index (Phi) is 6.05. The maximum atomic E-state index is 12.7. The molecule has 134 valence electrons. The number of aromatic nitrogens is 1. The van der Waals surface area contributed by atoms with Gasteiger partial charge < -0.3 is 5.32 Å². The monoisotopic (exact) mass is 432 g/mol. The molecule has 0 radical (unpaired) electrons. The van der Waals surface area contributed by atoms with Gasteiger partial charge in [-0.15, -0.1) is 0 Å². The van der Waals surface area contributed by atoms with Crippen LogP contribution < -0.4 is 5.32 Å². The molecule has 1 aromatic heterocycles. The topological polar surface area (TPSA) is 74.7 Å². The van der Waals surface area contributed by atoms with Crippen LogP contribution in [0, 0.1) is 5.92 Å². The van der Waals surface area contributed by atoms with Crippen LogP contribution in [0.3, 0.4) is 0 Å². The molecule has 1 atom stereocenters. The van der Waals surface area contributed by atoms with Crippen molar-refractivity contribution in [2.75, 3.05) is 6.54 Å². The maximum absolute atomic E-state index is 12.7. The molecule has 1 aromatic rings. The number of pyridine rings is 1. The number of allylic oxidation sites excluding steroid dienone is 3. The Labute approximate surface area is 165 Å². The average molecular weight is 433 g/mol. The van der Waals surface area contributed by atoms with E-state index in [-0.39, 0.29) is 16.9 Å². The molecule has 2 heterocycles. The summed E-state index contributed by atoms with van der Waals surface area (Å²) in [6.45, 7) is 0.815. The summed E-state index contributed by atoms with van der Waals surface area (Å²) in [7, 11) is 0. The summed E-state index contributed by atoms with van der Waals surface area (Å²) < 4.78 is 0.845. The zero-order valence-corrected chi connectivity index (χ0v) is 16.3. The highest BCUT2D eigenvalue weighted by Crippen LogP contribution is 2.25. The van der Waals surface area contributed by atoms with Gasteiger partial charge in [-0.3, -0.25) is 19.5 Å². The third-order valence-corrected chi connectivity index (χ3v) is 4.88. The van der Waals surface area contributed by atoms with Gasteiger partial charge >= 0.3 is 0 Å². The summed E-state index contributed by atoms with van der Waals surface area (Å²) in [4.78, 5) is 34.4. The average Bonchev–Trinajstić information content (AvgIpc) is 2.64. The van der Waals surface area contributed by atoms with Crippen LogP contribution in [0.15, 0.2) is 52.2 Å². The fraction of sp³-hybridized carbons (Fsp3) is 0.278. The van der Waals surface area contributed by atoms with Gasteiger partial charge in [-0.25, -0.2) is 4.99 Å². The van der Waals surface area contributed by atoms with Gasteiger partial charge in [-0.1, -0.05) is 28.1 Å². The first-order chi connectivity index (χ1) is 12.5. The van der Waals surface area contributed by atoms with Crippen LogP contribution in [0.2, 0.25) is 0 Å². The minimum Gasteiger partial charge on any atom is -0.352 e. The van der Waals surface area contributed by atoms with Gasteiger partial charge in [0.15, 0.2) is 0 Å². The van der Waals surface area contributed by atoms with Crippen molar-refractivity contribution in [2.24, 2.45) is 10.9 Å². The van der Waals surface area contributed by atoms with Gasteiger partial charge in [0.2, 0.25) is 16.9 Å². The predicted octanol–water partition coefficient (Wildman–Crippen LogP) is 2.51. The lowest BCUT2D eigenvalue weighted by Gasteiger charge is -2.30. The molecule has 1 aliphatic heterocycles. The molecule has 0 saturated heterocycles. The number of aliphatic imine (C=N–C) groups is 1. The van der Waals surface area contributed by atoms with E-state index in [0.717, 1.165) is 10.0 Å². The van der Waals surface area contributed by atoms with Crippen molar-refractivity contribution in [3.63, 3.8) is 0 Å². The first-order valence-electron chi connectivity index (χ1n) is 8.19. The molecule has 26 heavy (non-hydrogen) atoms. The number of nitrogens with one attached hydrogen (secondary N) is 1. The lowest BCUT2D eigenvalue weighted by Crippen LogP contribution is -2.46. The summed E-state index contributed by atoms with van der Waals surface area (Å²) in [5.41, 5.74) is 1.60. The molecule has 8 heteroatoms. The van der Waals surface area contributed by atoms with E-state index < -0.39 is 5.92 Å². The number of nitrogens with zero attached hydrogens (tertiary/aromatic N) is 3. The van der Waals surface area contributed by atoms with Crippen LogP contribution in [-0.2, 0) is 16.1 Å². The number of carbonyl (C=O) groups is 2. The molecular weight excluding hydrogens is 416 g/mol. The van der Waals surface area contributed by atoms with Gasteiger partial charge in [0.25, 0.3) is 0 Å². The van der Waals surface area contributed by atoms with Crippen LogP contribution in [0.5, 0.6) is 0 Å². The quantitative estimate of drug-likeness (QED) is 0.700. The standard InChI is InChI=1S/C18H17BrN4O2S/c19-13-5-6-15-14(9-13)17(25)23(18(26)22-15)8-2-4-16(24)21-11-12-3-1-7-20-10-12/h1,3,5-7,9-10,14H,2,4,8,11H2,(H,21,24). The molecule has 2 amide bonds. The van der Waals surface area contributed by atoms with E-state index in [2.05, 4.69) is 31.2 Å². The molecular formula is C18H17BrN4O2S. The molecule has 1 N–H and O–H groups in total. The predicted molar refractivity (Wildman–Crippen MR) is 107 cm³/mol. The second kappa shape index (κ2) is 8.46. The number of carbonyl (C=O) groups excluding carboxylic acids is 2. The van der Waals surface area contributed by atoms with Gasteiger partial charge in [0, 0.05) is 36.4 Å². The number of hydrogen-bond acceptors (Lipinski definition) is 4. The van der Waals surface area contributed by atoms with Crippen LogP contribution in [-0.4, -0.2) is 39.1 Å². The first-order valence-corrected chi connectivity index (χ1v) is 9.39. The van der Waals surface area contributed by atoms with Crippen molar-refractivity contribution in [1.82, 2.24) is 15.2 Å². The fourth-order valence-electron chi connectivity index (χ4n) is 2.70. The Morgan fingerprint density at radius 2 is 2.23 bits per heavy atom. The van der Waals surface area contributed by atoms with E-state index in [1.54, 1.807) is 18.5 Å². The third kappa shape index (κ3) is 4.50. The van der Waals surface area contributed by atoms with Crippen LogP contribution in [0.25, 0.3) is 0 Å². The van der Waals surface area contributed by atoms with Crippen LogP contribution >= 0.6 is 28.1 Å². The first kappa shape index (κ1) is 18.6. The Morgan fingerprint density at radius 3 is 3.00 bits per heavy atom. The number of halogens is 1. The molecule has 6 nitrogen and oxygen atoms in total. The van der Waals surface area contributed by atoms with Crippen LogP contribution in [0.1, 0.15) is 18.4 Å². The van der Waals surface area contributed by atoms with E-state index >= 15 is 0 Å². The van der Waals surface area contributed by atoms with Gasteiger partial charge in [-0.2, -0.15) is 0 Å². The summed E-state index contributed by atoms with van der Waals surface area (Å²) in [6.07, 6.45) is 9.68. The molecule has 1 unspecified atom stereocenters. The van der Waals surface area contributed by atoms with Crippen molar-refractivity contribution < 1.29 is 9.59 Å². The highest BCUT2D eigenvalue weighted by molar-refractivity contribution is 9.11. The number of fused-ring (bicyclic) bond motifs is 1. The number of hydrogen-bond donors (Lipinski definition) is 1. The molecule has 2 aliphatic rings. The summed E-state index contributed by atoms with van der Waals surface area (Å²) in [6, 6.07) is 3.73. The third-order valence-electron chi connectivity index (χ3n) is 4.04. The minimum absolute atomic E-state index is 0.0725. The molecule has 1 aliphatic carbocycles. The second-order valence-electron chi connectivity index (χ2n) is 5.91. The minimum atomic E-state index is -0.416. The van der Waals surface area contributed by atoms with Crippen molar-refractivity contribution in [1.29, 1.82) is 0 Å². The molecule has 3 rings (SSSR count). The van der Waals surface area contributed by atoms with E-state index in [9.17, 15) is 9.59 Å². The lowest BCUT2D eigenvalue weighted by molar-refractivity contribution is -0.129. The lowest BCUT2D eigenvalue weighted by atomic mass is 9.95. The maximum Gasteiger partial charge on any atom is 0.241 e. The smallest absolute Gasteiger partial charge is 0.241 e. The largest absolute Gasteiger partial charge is 0.352 e. The van der Waals surface area contributed by atoms with Crippen molar-refractivity contribution in [3.8, 4) is 0 Å². The van der Waals surface area contributed by atoms with E-state index in [1.807, 2.05) is 24.3 Å². The molecule has 0 saturated carbocycles. The van der Waals surface area contributed by atoms with Crippen molar-refractivity contribution in [2.45, 2.75) is 19.4 Å². The molecule has 0 fully saturated rings. The highest BCUT2D eigenvalue weighted by Gasteiger charge is 2.34. The Morgan fingerprint density at radius 1 is 1.38 bits per heavy atom. The van der Waals surface area contributed by atoms with Gasteiger partial charge in [0.05, 0.1) is 5.71 Å². The zero-order valence-electron chi connectivity index (χ0n) is 13.9. The van der Waals surface area contributed by atoms with Crippen molar-refractivity contribution >= 4 is 50.8 Å².